The van der Waals surface area contributed by atoms with Crippen LogP contribution in [0.25, 0.3) is 0 Å². The van der Waals surface area contributed by atoms with Crippen molar-refractivity contribution in [3.63, 3.8) is 0 Å². The van der Waals surface area contributed by atoms with Gasteiger partial charge in [-0.2, -0.15) is 0 Å². The van der Waals surface area contributed by atoms with Crippen LogP contribution in [-0.2, 0) is 0 Å². The van der Waals surface area contributed by atoms with Gasteiger partial charge >= 0.3 is 0 Å². The van der Waals surface area contributed by atoms with Gasteiger partial charge in [-0.05, 0) is 36.4 Å². The summed E-state index contributed by atoms with van der Waals surface area (Å²) in [7, 11) is 1.62. The highest BCUT2D eigenvalue weighted by Gasteiger charge is 2.17. The summed E-state index contributed by atoms with van der Waals surface area (Å²) in [5, 5.41) is 10.1. The highest BCUT2D eigenvalue weighted by molar-refractivity contribution is 6.31. The summed E-state index contributed by atoms with van der Waals surface area (Å²) in [5.41, 5.74) is 7.09. The zero-order valence-corrected chi connectivity index (χ0v) is 11.1. The number of benzene rings is 2. The Labute approximate surface area is 116 Å². The molecule has 0 radical (unpaired) electrons. The molecule has 0 unspecified atom stereocenters. The first kappa shape index (κ1) is 13.2. The molecular formula is C14H13ClN2O2. The molecule has 2 rings (SSSR count). The number of halogens is 1. The maximum atomic E-state index is 12.3. The lowest BCUT2D eigenvalue weighted by Gasteiger charge is -2.18. The predicted octanol–water partition coefficient (Wildman–Crippen LogP) is 2.90. The molecule has 0 aliphatic rings. The van der Waals surface area contributed by atoms with Crippen LogP contribution >= 0.6 is 11.6 Å². The molecule has 2 aromatic carbocycles. The molecule has 0 heterocycles. The van der Waals surface area contributed by atoms with Gasteiger partial charge in [0.2, 0.25) is 0 Å². The number of rotatable bonds is 2. The van der Waals surface area contributed by atoms with Crippen molar-refractivity contribution >= 4 is 28.9 Å². The molecule has 0 aromatic heterocycles. The number of phenols is 1. The van der Waals surface area contributed by atoms with E-state index in [-0.39, 0.29) is 17.2 Å². The van der Waals surface area contributed by atoms with Crippen LogP contribution in [0.4, 0.5) is 11.4 Å². The summed E-state index contributed by atoms with van der Waals surface area (Å²) in [6.45, 7) is 0. The molecule has 0 aliphatic carbocycles. The molecule has 0 saturated carbocycles. The van der Waals surface area contributed by atoms with Crippen molar-refractivity contribution in [1.82, 2.24) is 0 Å². The normalized spacial score (nSPS) is 10.2. The van der Waals surface area contributed by atoms with E-state index in [1.807, 2.05) is 0 Å². The fourth-order valence-corrected chi connectivity index (χ4v) is 1.88. The van der Waals surface area contributed by atoms with Crippen LogP contribution in [0.1, 0.15) is 10.4 Å². The quantitative estimate of drug-likeness (QED) is 0.829. The molecule has 0 atom stereocenters. The van der Waals surface area contributed by atoms with Crippen molar-refractivity contribution in [2.24, 2.45) is 0 Å². The molecule has 3 N–H and O–H groups in total. The molecule has 0 bridgehead atoms. The molecule has 0 spiro atoms. The number of nitrogens with two attached hydrogens (primary N) is 1. The van der Waals surface area contributed by atoms with Gasteiger partial charge in [-0.1, -0.05) is 17.7 Å². The van der Waals surface area contributed by atoms with E-state index >= 15 is 0 Å². The third-order valence-electron chi connectivity index (χ3n) is 2.75. The summed E-state index contributed by atoms with van der Waals surface area (Å²) < 4.78 is 0. The Morgan fingerprint density at radius 3 is 2.63 bits per heavy atom. The predicted molar refractivity (Wildman–Crippen MR) is 76.7 cm³/mol. The number of nitrogen functional groups attached to an aromatic ring is 1. The van der Waals surface area contributed by atoms with E-state index in [9.17, 15) is 9.90 Å². The van der Waals surface area contributed by atoms with Gasteiger partial charge in [0.05, 0.1) is 5.56 Å². The van der Waals surface area contributed by atoms with E-state index in [1.165, 1.54) is 17.0 Å². The number of carbonyl (C=O) groups is 1. The number of phenolic OH excluding ortho intramolecular Hbond substituents is 1. The van der Waals surface area contributed by atoms with Gasteiger partial charge in [0, 0.05) is 23.4 Å². The average Bonchev–Trinajstić information content (AvgIpc) is 2.37. The van der Waals surface area contributed by atoms with Crippen molar-refractivity contribution in [3.05, 3.63) is 53.1 Å². The minimum Gasteiger partial charge on any atom is -0.507 e. The smallest absolute Gasteiger partial charge is 0.261 e. The Morgan fingerprint density at radius 1 is 1.26 bits per heavy atom. The Balaban J connectivity index is 2.33. The molecule has 98 valence electrons. The molecular weight excluding hydrogens is 264 g/mol. The lowest BCUT2D eigenvalue weighted by Crippen LogP contribution is -2.26. The van der Waals surface area contributed by atoms with Gasteiger partial charge in [-0.15, -0.1) is 0 Å². The first-order valence-electron chi connectivity index (χ1n) is 5.61. The minimum atomic E-state index is -0.334. The van der Waals surface area contributed by atoms with Gasteiger partial charge in [-0.3, -0.25) is 4.79 Å². The number of anilines is 2. The third-order valence-corrected chi connectivity index (χ3v) is 2.99. The highest BCUT2D eigenvalue weighted by Crippen LogP contribution is 2.25. The van der Waals surface area contributed by atoms with Crippen molar-refractivity contribution < 1.29 is 9.90 Å². The summed E-state index contributed by atoms with van der Waals surface area (Å²) in [5.74, 6) is -0.479. The average molecular weight is 277 g/mol. The Kier molecular flexibility index (Phi) is 3.62. The van der Waals surface area contributed by atoms with Gasteiger partial charge in [-0.25, -0.2) is 0 Å². The zero-order valence-electron chi connectivity index (χ0n) is 10.3. The summed E-state index contributed by atoms with van der Waals surface area (Å²) in [6, 6.07) is 11.3. The molecule has 4 nitrogen and oxygen atoms in total. The van der Waals surface area contributed by atoms with E-state index in [0.29, 0.717) is 16.4 Å². The highest BCUT2D eigenvalue weighted by atomic mass is 35.5. The molecule has 1 amide bonds. The molecule has 5 heteroatoms. The SMILES string of the molecule is CN(C(=O)c1ccc(Cl)cc1O)c1cccc(N)c1. The van der Waals surface area contributed by atoms with Crippen LogP contribution in [0.5, 0.6) is 5.75 Å². The van der Waals surface area contributed by atoms with Gasteiger partial charge in [0.1, 0.15) is 5.75 Å². The van der Waals surface area contributed by atoms with E-state index in [4.69, 9.17) is 17.3 Å². The largest absolute Gasteiger partial charge is 0.507 e. The minimum absolute atomic E-state index is 0.145. The van der Waals surface area contributed by atoms with Crippen LogP contribution in [0, 0.1) is 0 Å². The van der Waals surface area contributed by atoms with Crippen LogP contribution in [0.15, 0.2) is 42.5 Å². The van der Waals surface area contributed by atoms with Crippen molar-refractivity contribution in [3.8, 4) is 5.75 Å². The van der Waals surface area contributed by atoms with Crippen molar-refractivity contribution in [2.75, 3.05) is 17.7 Å². The van der Waals surface area contributed by atoms with Gasteiger partial charge < -0.3 is 15.7 Å². The molecule has 0 saturated heterocycles. The number of aromatic hydroxyl groups is 1. The van der Waals surface area contributed by atoms with E-state index in [1.54, 1.807) is 37.4 Å². The van der Waals surface area contributed by atoms with Gasteiger partial charge in [0.25, 0.3) is 5.91 Å². The van der Waals surface area contributed by atoms with Crippen molar-refractivity contribution in [2.45, 2.75) is 0 Å². The number of amides is 1. The number of carbonyl (C=O) groups excluding carboxylic acids is 1. The van der Waals surface area contributed by atoms with Gasteiger partial charge in [0.15, 0.2) is 0 Å². The van der Waals surface area contributed by atoms with E-state index in [2.05, 4.69) is 0 Å². The maximum absolute atomic E-state index is 12.3. The van der Waals surface area contributed by atoms with Crippen LogP contribution in [-0.4, -0.2) is 18.1 Å². The molecule has 19 heavy (non-hydrogen) atoms. The van der Waals surface area contributed by atoms with Crippen LogP contribution < -0.4 is 10.6 Å². The fourth-order valence-electron chi connectivity index (χ4n) is 1.72. The van der Waals surface area contributed by atoms with Crippen LogP contribution in [0.2, 0.25) is 5.02 Å². The summed E-state index contributed by atoms with van der Waals surface area (Å²) >= 11 is 5.74. The Hall–Kier alpha value is -2.20. The fraction of sp³-hybridized carbons (Fsp3) is 0.0714. The third kappa shape index (κ3) is 2.80. The number of hydrogen-bond donors (Lipinski definition) is 2. The zero-order chi connectivity index (χ0) is 14.0. The van der Waals surface area contributed by atoms with E-state index in [0.717, 1.165) is 0 Å². The van der Waals surface area contributed by atoms with Crippen LogP contribution in [0.3, 0.4) is 0 Å². The molecule has 2 aromatic rings. The Morgan fingerprint density at radius 2 is 2.00 bits per heavy atom. The summed E-state index contributed by atoms with van der Waals surface area (Å²) in [6.07, 6.45) is 0. The first-order valence-corrected chi connectivity index (χ1v) is 5.99. The first-order chi connectivity index (χ1) is 8.99. The Bertz CT molecular complexity index is 629. The lowest BCUT2D eigenvalue weighted by atomic mass is 10.1. The molecule has 0 aliphatic heterocycles. The number of nitrogens with zero attached hydrogens (tertiary/aromatic N) is 1. The maximum Gasteiger partial charge on any atom is 0.261 e. The van der Waals surface area contributed by atoms with Crippen molar-refractivity contribution in [1.29, 1.82) is 0 Å². The standard InChI is InChI=1S/C14H13ClN2O2/c1-17(11-4-2-3-10(16)8-11)14(19)12-6-5-9(15)7-13(12)18/h2-8,18H,16H2,1H3. The second-order valence-corrected chi connectivity index (χ2v) is 4.56. The van der Waals surface area contributed by atoms with E-state index < -0.39 is 0 Å². The number of hydrogen-bond acceptors (Lipinski definition) is 3. The topological polar surface area (TPSA) is 66.6 Å². The second-order valence-electron chi connectivity index (χ2n) is 4.12. The monoisotopic (exact) mass is 276 g/mol. The lowest BCUT2D eigenvalue weighted by molar-refractivity contribution is 0.0990. The second kappa shape index (κ2) is 5.20. The summed E-state index contributed by atoms with van der Waals surface area (Å²) in [4.78, 5) is 13.7. The molecule has 0 fully saturated rings.